The number of anilines is 2. The first-order valence-electron chi connectivity index (χ1n) is 4.67. The van der Waals surface area contributed by atoms with Crippen LogP contribution in [0.2, 0.25) is 0 Å². The number of carbonyl (C=O) groups excluding carboxylic acids is 1. The number of rotatable bonds is 5. The standard InChI is InChI=1S/C10H14BrN3O/c11-7-3-4-9(8(12)6-7)14-5-1-2-10(13)15/h3-4,6,14H,1-2,5,12H2,(H2,13,15). The number of hydrogen-bond acceptors (Lipinski definition) is 3. The Labute approximate surface area is 97.1 Å². The van der Waals surface area contributed by atoms with Gasteiger partial charge in [0.15, 0.2) is 0 Å². The Hall–Kier alpha value is -1.23. The first kappa shape index (κ1) is 11.8. The first-order valence-corrected chi connectivity index (χ1v) is 5.46. The van der Waals surface area contributed by atoms with Crippen molar-refractivity contribution in [3.05, 3.63) is 22.7 Å². The number of amides is 1. The lowest BCUT2D eigenvalue weighted by Gasteiger charge is -2.08. The second-order valence-electron chi connectivity index (χ2n) is 3.23. The SMILES string of the molecule is NC(=O)CCCNc1ccc(Br)cc1N. The second kappa shape index (κ2) is 5.60. The maximum absolute atomic E-state index is 10.5. The number of primary amides is 1. The van der Waals surface area contributed by atoms with E-state index in [1.165, 1.54) is 0 Å². The molecule has 0 heterocycles. The molecule has 1 aromatic carbocycles. The van der Waals surface area contributed by atoms with Gasteiger partial charge in [-0.3, -0.25) is 4.79 Å². The van der Waals surface area contributed by atoms with Crippen molar-refractivity contribution in [1.82, 2.24) is 0 Å². The zero-order chi connectivity index (χ0) is 11.3. The van der Waals surface area contributed by atoms with Gasteiger partial charge in [-0.15, -0.1) is 0 Å². The molecule has 0 fully saturated rings. The Balaban J connectivity index is 2.40. The molecule has 1 amide bonds. The zero-order valence-corrected chi connectivity index (χ0v) is 9.88. The molecule has 0 atom stereocenters. The van der Waals surface area contributed by atoms with Crippen LogP contribution in [0.5, 0.6) is 0 Å². The lowest BCUT2D eigenvalue weighted by molar-refractivity contribution is -0.118. The zero-order valence-electron chi connectivity index (χ0n) is 8.29. The van der Waals surface area contributed by atoms with Crippen LogP contribution in [0.3, 0.4) is 0 Å². The highest BCUT2D eigenvalue weighted by atomic mass is 79.9. The van der Waals surface area contributed by atoms with E-state index in [2.05, 4.69) is 21.2 Å². The van der Waals surface area contributed by atoms with E-state index in [1.54, 1.807) is 0 Å². The minimum atomic E-state index is -0.277. The summed E-state index contributed by atoms with van der Waals surface area (Å²) in [5.41, 5.74) is 12.4. The van der Waals surface area contributed by atoms with Gasteiger partial charge < -0.3 is 16.8 Å². The van der Waals surface area contributed by atoms with Crippen molar-refractivity contribution in [3.63, 3.8) is 0 Å². The summed E-state index contributed by atoms with van der Waals surface area (Å²) in [5, 5.41) is 3.14. The molecule has 82 valence electrons. The van der Waals surface area contributed by atoms with Crippen LogP contribution < -0.4 is 16.8 Å². The van der Waals surface area contributed by atoms with Gasteiger partial charge in [-0.1, -0.05) is 15.9 Å². The van der Waals surface area contributed by atoms with E-state index in [1.807, 2.05) is 18.2 Å². The van der Waals surface area contributed by atoms with E-state index >= 15 is 0 Å². The van der Waals surface area contributed by atoms with Crippen molar-refractivity contribution in [2.24, 2.45) is 5.73 Å². The second-order valence-corrected chi connectivity index (χ2v) is 4.14. The molecule has 15 heavy (non-hydrogen) atoms. The van der Waals surface area contributed by atoms with E-state index in [9.17, 15) is 4.79 Å². The maximum Gasteiger partial charge on any atom is 0.217 e. The van der Waals surface area contributed by atoms with Crippen molar-refractivity contribution in [1.29, 1.82) is 0 Å². The lowest BCUT2D eigenvalue weighted by atomic mass is 10.2. The van der Waals surface area contributed by atoms with Crippen LogP contribution in [0.4, 0.5) is 11.4 Å². The molecule has 4 nitrogen and oxygen atoms in total. The number of nitrogens with two attached hydrogens (primary N) is 2. The fourth-order valence-electron chi connectivity index (χ4n) is 1.18. The summed E-state index contributed by atoms with van der Waals surface area (Å²) < 4.78 is 0.947. The van der Waals surface area contributed by atoms with E-state index in [0.717, 1.165) is 10.2 Å². The van der Waals surface area contributed by atoms with E-state index in [0.29, 0.717) is 25.1 Å². The molecule has 0 aliphatic carbocycles. The number of hydrogen-bond donors (Lipinski definition) is 3. The Kier molecular flexibility index (Phi) is 4.42. The molecular weight excluding hydrogens is 258 g/mol. The third kappa shape index (κ3) is 4.20. The number of carbonyl (C=O) groups is 1. The van der Waals surface area contributed by atoms with Gasteiger partial charge in [0.05, 0.1) is 11.4 Å². The highest BCUT2D eigenvalue weighted by Crippen LogP contribution is 2.22. The Bertz CT molecular complexity index is 355. The van der Waals surface area contributed by atoms with Crippen LogP contribution in [-0.4, -0.2) is 12.5 Å². The van der Waals surface area contributed by atoms with Gasteiger partial charge in [-0.05, 0) is 24.6 Å². The fourth-order valence-corrected chi connectivity index (χ4v) is 1.56. The van der Waals surface area contributed by atoms with E-state index in [-0.39, 0.29) is 5.91 Å². The maximum atomic E-state index is 10.5. The highest BCUT2D eigenvalue weighted by molar-refractivity contribution is 9.10. The molecule has 0 saturated heterocycles. The Morgan fingerprint density at radius 3 is 2.80 bits per heavy atom. The van der Waals surface area contributed by atoms with Crippen molar-refractivity contribution in [3.8, 4) is 0 Å². The average Bonchev–Trinajstić information content (AvgIpc) is 2.14. The summed E-state index contributed by atoms with van der Waals surface area (Å²) in [5.74, 6) is -0.277. The van der Waals surface area contributed by atoms with E-state index in [4.69, 9.17) is 11.5 Å². The highest BCUT2D eigenvalue weighted by Gasteiger charge is 1.99. The molecule has 0 spiro atoms. The van der Waals surface area contributed by atoms with Gasteiger partial charge in [0.25, 0.3) is 0 Å². The molecular formula is C10H14BrN3O. The van der Waals surface area contributed by atoms with Crippen LogP contribution in [0, 0.1) is 0 Å². The van der Waals surface area contributed by atoms with Crippen molar-refractivity contribution >= 4 is 33.2 Å². The number of benzene rings is 1. The van der Waals surface area contributed by atoms with Crippen LogP contribution in [0.15, 0.2) is 22.7 Å². The molecule has 0 radical (unpaired) electrons. The Morgan fingerprint density at radius 2 is 2.20 bits per heavy atom. The fraction of sp³-hybridized carbons (Fsp3) is 0.300. The van der Waals surface area contributed by atoms with Gasteiger partial charge in [0.1, 0.15) is 0 Å². The normalized spacial score (nSPS) is 9.93. The van der Waals surface area contributed by atoms with Gasteiger partial charge >= 0.3 is 0 Å². The van der Waals surface area contributed by atoms with Gasteiger partial charge in [0, 0.05) is 17.4 Å². The lowest BCUT2D eigenvalue weighted by Crippen LogP contribution is -2.13. The monoisotopic (exact) mass is 271 g/mol. The smallest absolute Gasteiger partial charge is 0.217 e. The van der Waals surface area contributed by atoms with Gasteiger partial charge in [0.2, 0.25) is 5.91 Å². The molecule has 5 N–H and O–H groups in total. The van der Waals surface area contributed by atoms with Crippen LogP contribution in [0.25, 0.3) is 0 Å². The summed E-state index contributed by atoms with van der Waals surface area (Å²) in [4.78, 5) is 10.5. The largest absolute Gasteiger partial charge is 0.397 e. The summed E-state index contributed by atoms with van der Waals surface area (Å²) >= 11 is 3.33. The molecule has 5 heteroatoms. The number of halogens is 1. The van der Waals surface area contributed by atoms with Crippen LogP contribution in [0.1, 0.15) is 12.8 Å². The molecule has 0 aliphatic rings. The minimum Gasteiger partial charge on any atom is -0.397 e. The van der Waals surface area contributed by atoms with Crippen molar-refractivity contribution in [2.45, 2.75) is 12.8 Å². The quantitative estimate of drug-likeness (QED) is 0.563. The third-order valence-electron chi connectivity index (χ3n) is 1.93. The summed E-state index contributed by atoms with van der Waals surface area (Å²) in [6.45, 7) is 0.689. The van der Waals surface area contributed by atoms with Crippen molar-refractivity contribution < 1.29 is 4.79 Å². The topological polar surface area (TPSA) is 81.1 Å². The molecule has 0 unspecified atom stereocenters. The summed E-state index contributed by atoms with van der Waals surface area (Å²) in [6.07, 6.45) is 1.11. The van der Waals surface area contributed by atoms with Crippen LogP contribution >= 0.6 is 15.9 Å². The van der Waals surface area contributed by atoms with Gasteiger partial charge in [-0.2, -0.15) is 0 Å². The molecule has 1 aromatic rings. The molecule has 0 aromatic heterocycles. The third-order valence-corrected chi connectivity index (χ3v) is 2.42. The predicted octanol–water partition coefficient (Wildman–Crippen LogP) is 1.71. The number of nitrogens with one attached hydrogen (secondary N) is 1. The molecule has 0 aliphatic heterocycles. The summed E-state index contributed by atoms with van der Waals surface area (Å²) in [6, 6.07) is 5.63. The molecule has 0 bridgehead atoms. The van der Waals surface area contributed by atoms with Crippen molar-refractivity contribution in [2.75, 3.05) is 17.6 Å². The Morgan fingerprint density at radius 1 is 1.47 bits per heavy atom. The average molecular weight is 272 g/mol. The number of nitrogen functional groups attached to an aromatic ring is 1. The molecule has 1 rings (SSSR count). The molecule has 0 saturated carbocycles. The first-order chi connectivity index (χ1) is 7.09. The summed E-state index contributed by atoms with van der Waals surface area (Å²) in [7, 11) is 0. The van der Waals surface area contributed by atoms with Gasteiger partial charge in [-0.25, -0.2) is 0 Å². The minimum absolute atomic E-state index is 0.277. The predicted molar refractivity (Wildman–Crippen MR) is 65.5 cm³/mol. The van der Waals surface area contributed by atoms with E-state index < -0.39 is 0 Å². The van der Waals surface area contributed by atoms with Crippen LogP contribution in [-0.2, 0) is 4.79 Å².